The van der Waals surface area contributed by atoms with Crippen LogP contribution in [-0.4, -0.2) is 32.4 Å². The van der Waals surface area contributed by atoms with Gasteiger partial charge in [0.05, 0.1) is 11.0 Å². The molecule has 5 nitrogen and oxygen atoms in total. The Labute approximate surface area is 110 Å². The lowest BCUT2D eigenvalue weighted by Crippen LogP contribution is -2.27. The average Bonchev–Trinajstić information content (AvgIpc) is 3.04. The minimum atomic E-state index is 0.0938. The first-order valence-electron chi connectivity index (χ1n) is 6.73. The zero-order valence-electron chi connectivity index (χ0n) is 10.2. The average molecular weight is 264 g/mol. The summed E-state index contributed by atoms with van der Waals surface area (Å²) in [6, 6.07) is 0. The van der Waals surface area contributed by atoms with Crippen molar-refractivity contribution in [1.29, 1.82) is 0 Å². The predicted molar refractivity (Wildman–Crippen MR) is 68.9 cm³/mol. The van der Waals surface area contributed by atoms with Crippen LogP contribution in [0.5, 0.6) is 0 Å². The number of ether oxygens (including phenoxy) is 1. The first-order chi connectivity index (χ1) is 8.92. The number of hydrogen-bond donors (Lipinski definition) is 0. The Bertz CT molecular complexity index is 492. The summed E-state index contributed by atoms with van der Waals surface area (Å²) in [5, 5.41) is 14.8. The van der Waals surface area contributed by atoms with Gasteiger partial charge in [0.1, 0.15) is 6.10 Å². The van der Waals surface area contributed by atoms with Crippen LogP contribution in [-0.2, 0) is 4.74 Å². The fraction of sp³-hybridized carbons (Fsp3) is 0.750. The van der Waals surface area contributed by atoms with Crippen molar-refractivity contribution in [3.05, 3.63) is 5.82 Å². The zero-order valence-corrected chi connectivity index (χ0v) is 11.0. The van der Waals surface area contributed by atoms with Gasteiger partial charge in [-0.05, 0) is 32.1 Å². The molecular weight excluding hydrogens is 248 g/mol. The maximum atomic E-state index is 5.70. The van der Waals surface area contributed by atoms with Gasteiger partial charge in [-0.25, -0.2) is 0 Å². The number of aromatic nitrogens is 3. The third-order valence-corrected chi connectivity index (χ3v) is 5.11. The van der Waals surface area contributed by atoms with Crippen LogP contribution in [0.3, 0.4) is 0 Å². The van der Waals surface area contributed by atoms with Crippen LogP contribution >= 0.6 is 11.8 Å². The van der Waals surface area contributed by atoms with Crippen LogP contribution in [0, 0.1) is 0 Å². The summed E-state index contributed by atoms with van der Waals surface area (Å²) in [4.78, 5) is 0. The number of nitrogens with zero attached hydrogens (tertiary/aromatic N) is 4. The van der Waals surface area contributed by atoms with Crippen molar-refractivity contribution in [1.82, 2.24) is 14.9 Å². The molecule has 0 radical (unpaired) electrons. The van der Waals surface area contributed by atoms with Gasteiger partial charge in [-0.15, -0.1) is 10.2 Å². The molecule has 1 aromatic heterocycles. The first-order valence-corrected chi connectivity index (χ1v) is 7.61. The molecule has 2 aliphatic heterocycles. The van der Waals surface area contributed by atoms with Crippen molar-refractivity contribution in [2.45, 2.75) is 55.0 Å². The zero-order chi connectivity index (χ0) is 11.9. The third kappa shape index (κ3) is 1.70. The molecule has 1 aliphatic carbocycles. The van der Waals surface area contributed by atoms with Crippen LogP contribution in [0.4, 0.5) is 0 Å². The molecule has 3 aliphatic rings. The second-order valence-electron chi connectivity index (χ2n) is 5.10. The van der Waals surface area contributed by atoms with Crippen LogP contribution < -0.4 is 0 Å². The van der Waals surface area contributed by atoms with E-state index < -0.39 is 0 Å². The lowest BCUT2D eigenvalue weighted by Gasteiger charge is -2.26. The van der Waals surface area contributed by atoms with E-state index in [9.17, 15) is 0 Å². The highest BCUT2D eigenvalue weighted by atomic mass is 32.2. The van der Waals surface area contributed by atoms with Gasteiger partial charge >= 0.3 is 0 Å². The molecule has 0 bridgehead atoms. The molecule has 0 aromatic carbocycles. The third-order valence-electron chi connectivity index (χ3n) is 3.85. The molecule has 6 heteroatoms. The second kappa shape index (κ2) is 4.35. The molecule has 1 saturated heterocycles. The molecule has 2 unspecified atom stereocenters. The van der Waals surface area contributed by atoms with E-state index in [1.54, 1.807) is 0 Å². The Morgan fingerprint density at radius 2 is 2.17 bits per heavy atom. The van der Waals surface area contributed by atoms with Crippen LogP contribution in [0.1, 0.15) is 50.5 Å². The molecule has 96 valence electrons. The maximum absolute atomic E-state index is 5.70. The van der Waals surface area contributed by atoms with E-state index >= 15 is 0 Å². The van der Waals surface area contributed by atoms with Gasteiger partial charge in [0.2, 0.25) is 5.16 Å². The van der Waals surface area contributed by atoms with E-state index in [0.717, 1.165) is 36.9 Å². The van der Waals surface area contributed by atoms with Crippen LogP contribution in [0.2, 0.25) is 0 Å². The van der Waals surface area contributed by atoms with E-state index in [4.69, 9.17) is 9.84 Å². The summed E-state index contributed by atoms with van der Waals surface area (Å²) in [6.07, 6.45) is 7.17. The molecule has 18 heavy (non-hydrogen) atoms. The summed E-state index contributed by atoms with van der Waals surface area (Å²) in [7, 11) is 0. The van der Waals surface area contributed by atoms with Gasteiger partial charge in [0.25, 0.3) is 0 Å². The number of fused-ring (bicyclic) bond motifs is 2. The Kier molecular flexibility index (Phi) is 2.65. The normalized spacial score (nSPS) is 30.8. The second-order valence-corrected chi connectivity index (χ2v) is 6.27. The van der Waals surface area contributed by atoms with E-state index in [-0.39, 0.29) is 6.10 Å². The Hall–Kier alpha value is -0.880. The van der Waals surface area contributed by atoms with Crippen molar-refractivity contribution in [3.63, 3.8) is 0 Å². The van der Waals surface area contributed by atoms with Crippen molar-refractivity contribution >= 4 is 17.5 Å². The van der Waals surface area contributed by atoms with E-state index in [1.165, 1.54) is 25.0 Å². The van der Waals surface area contributed by atoms with Gasteiger partial charge in [-0.1, -0.05) is 18.2 Å². The van der Waals surface area contributed by atoms with E-state index in [1.807, 2.05) is 16.4 Å². The maximum Gasteiger partial charge on any atom is 0.212 e. The fourth-order valence-corrected chi connectivity index (χ4v) is 4.05. The Morgan fingerprint density at radius 1 is 1.17 bits per heavy atom. The summed E-state index contributed by atoms with van der Waals surface area (Å²) >= 11 is 1.82. The van der Waals surface area contributed by atoms with Gasteiger partial charge in [0.15, 0.2) is 5.82 Å². The lowest BCUT2D eigenvalue weighted by atomic mass is 9.98. The largest absolute Gasteiger partial charge is 0.370 e. The quantitative estimate of drug-likeness (QED) is 0.781. The minimum absolute atomic E-state index is 0.0938. The van der Waals surface area contributed by atoms with Gasteiger partial charge in [-0.2, -0.15) is 9.78 Å². The standard InChI is InChI=1S/C12H16N4OS/c1-2-6-10-8(4-1)15-16-11(9-5-3-7-17-9)13-14-12(16)18-10/h9-10H,1-7H2. The number of thioether (sulfide) groups is 1. The van der Waals surface area contributed by atoms with E-state index in [0.29, 0.717) is 5.25 Å². The van der Waals surface area contributed by atoms with Crippen molar-refractivity contribution in [2.75, 3.05) is 6.61 Å². The molecule has 0 N–H and O–H groups in total. The predicted octanol–water partition coefficient (Wildman–Crippen LogP) is 2.38. The molecule has 4 rings (SSSR count). The smallest absolute Gasteiger partial charge is 0.212 e. The number of hydrogen-bond acceptors (Lipinski definition) is 5. The molecule has 2 fully saturated rings. The highest BCUT2D eigenvalue weighted by molar-refractivity contribution is 8.00. The summed E-state index contributed by atoms with van der Waals surface area (Å²) in [5.41, 5.74) is 1.32. The van der Waals surface area contributed by atoms with Gasteiger partial charge in [0, 0.05) is 6.61 Å². The SMILES string of the molecule is C1CCC2Sc3nnc(C4CCCO4)n3N=C2C1. The first kappa shape index (κ1) is 11.0. The van der Waals surface area contributed by atoms with Crippen LogP contribution in [0.25, 0.3) is 0 Å². The molecule has 1 saturated carbocycles. The van der Waals surface area contributed by atoms with Crippen molar-refractivity contribution in [2.24, 2.45) is 5.10 Å². The summed E-state index contributed by atoms with van der Waals surface area (Å²) < 4.78 is 7.63. The highest BCUT2D eigenvalue weighted by Gasteiger charge is 2.32. The van der Waals surface area contributed by atoms with Crippen LogP contribution in [0.15, 0.2) is 10.3 Å². The molecule has 3 heterocycles. The van der Waals surface area contributed by atoms with E-state index in [2.05, 4.69) is 10.2 Å². The monoisotopic (exact) mass is 264 g/mol. The fourth-order valence-electron chi connectivity index (χ4n) is 2.89. The van der Waals surface area contributed by atoms with Gasteiger partial charge in [-0.3, -0.25) is 0 Å². The lowest BCUT2D eigenvalue weighted by molar-refractivity contribution is 0.102. The minimum Gasteiger partial charge on any atom is -0.370 e. The van der Waals surface area contributed by atoms with Gasteiger partial charge < -0.3 is 4.74 Å². The molecule has 0 spiro atoms. The molecule has 2 atom stereocenters. The van der Waals surface area contributed by atoms with Crippen molar-refractivity contribution < 1.29 is 4.74 Å². The Balaban J connectivity index is 1.71. The highest BCUT2D eigenvalue weighted by Crippen LogP contribution is 2.37. The summed E-state index contributed by atoms with van der Waals surface area (Å²) in [6.45, 7) is 0.833. The summed E-state index contributed by atoms with van der Waals surface area (Å²) in [5.74, 6) is 0.895. The van der Waals surface area contributed by atoms with Crippen molar-refractivity contribution in [3.8, 4) is 0 Å². The molecule has 0 amide bonds. The number of rotatable bonds is 1. The topological polar surface area (TPSA) is 52.3 Å². The Morgan fingerprint density at radius 3 is 3.06 bits per heavy atom. The molecular formula is C12H16N4OS. The molecule has 1 aromatic rings.